The summed E-state index contributed by atoms with van der Waals surface area (Å²) in [6.45, 7) is 9.09. The van der Waals surface area contributed by atoms with E-state index in [1.807, 2.05) is 25.1 Å². The summed E-state index contributed by atoms with van der Waals surface area (Å²) in [5.41, 5.74) is 1.65. The van der Waals surface area contributed by atoms with Crippen molar-refractivity contribution in [2.45, 2.75) is 39.2 Å². The Bertz CT molecular complexity index is 1050. The van der Waals surface area contributed by atoms with Gasteiger partial charge in [-0.25, -0.2) is 9.59 Å². The third kappa shape index (κ3) is 3.25. The lowest BCUT2D eigenvalue weighted by Gasteiger charge is -2.21. The number of hydrogen-bond acceptors (Lipinski definition) is 6. The van der Waals surface area contributed by atoms with E-state index in [2.05, 4.69) is 29.4 Å². The first-order valence-corrected chi connectivity index (χ1v) is 10.6. The maximum atomic E-state index is 12.8. The molecule has 0 saturated carbocycles. The fraction of sp³-hybridized carbons (Fsp3) is 0.500. The van der Waals surface area contributed by atoms with Crippen LogP contribution in [0.25, 0.3) is 11.0 Å². The van der Waals surface area contributed by atoms with Gasteiger partial charge < -0.3 is 20.0 Å². The standard InChI is InChI=1S/C22H28N4O4/c1-4-25(5-2)15-6-7-16-14(3)17(19(27)30-18(16)12-15)8-11-26-20(28)22(24-21(26)29)9-10-23-13-22/h6-7,12,23H,4-5,8-11,13H2,1-3H3,(H,24,29). The number of aryl methyl sites for hydroxylation is 1. The van der Waals surface area contributed by atoms with Crippen LogP contribution in [0.4, 0.5) is 10.5 Å². The van der Waals surface area contributed by atoms with Crippen LogP contribution in [0.5, 0.6) is 0 Å². The molecule has 0 radical (unpaired) electrons. The molecular weight excluding hydrogens is 384 g/mol. The van der Waals surface area contributed by atoms with E-state index in [1.54, 1.807) is 0 Å². The second kappa shape index (κ2) is 7.75. The Hall–Kier alpha value is -2.87. The van der Waals surface area contributed by atoms with Crippen LogP contribution in [-0.4, -0.2) is 55.1 Å². The molecule has 1 aromatic heterocycles. The van der Waals surface area contributed by atoms with E-state index in [0.717, 1.165) is 29.7 Å². The van der Waals surface area contributed by atoms with Gasteiger partial charge in [0.1, 0.15) is 11.1 Å². The molecule has 2 N–H and O–H groups in total. The molecule has 2 aliphatic heterocycles. The first-order valence-electron chi connectivity index (χ1n) is 10.6. The van der Waals surface area contributed by atoms with E-state index in [9.17, 15) is 14.4 Å². The first-order chi connectivity index (χ1) is 14.4. The number of amides is 3. The summed E-state index contributed by atoms with van der Waals surface area (Å²) in [5, 5.41) is 6.82. The molecule has 1 unspecified atom stereocenters. The average molecular weight is 412 g/mol. The van der Waals surface area contributed by atoms with Crippen molar-refractivity contribution in [3.8, 4) is 0 Å². The second-order valence-electron chi connectivity index (χ2n) is 7.99. The van der Waals surface area contributed by atoms with Gasteiger partial charge in [0.05, 0.1) is 0 Å². The summed E-state index contributed by atoms with van der Waals surface area (Å²) in [6, 6.07) is 5.50. The molecule has 30 heavy (non-hydrogen) atoms. The summed E-state index contributed by atoms with van der Waals surface area (Å²) < 4.78 is 5.62. The quantitative estimate of drug-likeness (QED) is 0.555. The van der Waals surface area contributed by atoms with Crippen molar-refractivity contribution in [2.75, 3.05) is 37.6 Å². The molecule has 1 spiro atoms. The third-order valence-electron chi connectivity index (χ3n) is 6.39. The number of anilines is 1. The SMILES string of the molecule is CCN(CC)c1ccc2c(C)c(CCN3C(=O)NC4(CCNC4)C3=O)c(=O)oc2c1. The fourth-order valence-corrected chi connectivity index (χ4v) is 4.54. The van der Waals surface area contributed by atoms with Crippen molar-refractivity contribution in [1.82, 2.24) is 15.5 Å². The zero-order chi connectivity index (χ0) is 21.5. The minimum atomic E-state index is -0.832. The molecule has 3 heterocycles. The van der Waals surface area contributed by atoms with Crippen LogP contribution in [0.1, 0.15) is 31.4 Å². The number of hydrogen-bond donors (Lipinski definition) is 2. The Balaban J connectivity index is 1.59. The maximum absolute atomic E-state index is 12.8. The van der Waals surface area contributed by atoms with Crippen LogP contribution < -0.4 is 21.2 Å². The lowest BCUT2D eigenvalue weighted by molar-refractivity contribution is -0.130. The summed E-state index contributed by atoms with van der Waals surface area (Å²) in [5.74, 6) is -0.218. The lowest BCUT2D eigenvalue weighted by atomic mass is 9.98. The molecule has 4 rings (SSSR count). The minimum absolute atomic E-state index is 0.154. The van der Waals surface area contributed by atoms with Crippen LogP contribution >= 0.6 is 0 Å². The normalized spacial score (nSPS) is 21.1. The topological polar surface area (TPSA) is 94.9 Å². The van der Waals surface area contributed by atoms with Crippen LogP contribution in [-0.2, 0) is 11.2 Å². The van der Waals surface area contributed by atoms with E-state index >= 15 is 0 Å². The van der Waals surface area contributed by atoms with Crippen molar-refractivity contribution in [1.29, 1.82) is 0 Å². The number of rotatable bonds is 6. The highest BCUT2D eigenvalue weighted by Crippen LogP contribution is 2.27. The van der Waals surface area contributed by atoms with Gasteiger partial charge in [-0.1, -0.05) is 0 Å². The lowest BCUT2D eigenvalue weighted by Crippen LogP contribution is -2.48. The summed E-state index contributed by atoms with van der Waals surface area (Å²) in [4.78, 5) is 41.3. The van der Waals surface area contributed by atoms with Gasteiger partial charge in [-0.2, -0.15) is 0 Å². The number of carbonyl (C=O) groups is 2. The number of fused-ring (bicyclic) bond motifs is 1. The largest absolute Gasteiger partial charge is 0.422 e. The highest BCUT2D eigenvalue weighted by atomic mass is 16.4. The van der Waals surface area contributed by atoms with Crippen LogP contribution in [0, 0.1) is 6.92 Å². The van der Waals surface area contributed by atoms with Crippen molar-refractivity contribution >= 4 is 28.6 Å². The summed E-state index contributed by atoms with van der Waals surface area (Å²) in [7, 11) is 0. The van der Waals surface area contributed by atoms with Gasteiger partial charge in [-0.15, -0.1) is 0 Å². The zero-order valence-electron chi connectivity index (χ0n) is 17.7. The Morgan fingerprint density at radius 1 is 1.20 bits per heavy atom. The van der Waals surface area contributed by atoms with Gasteiger partial charge in [0, 0.05) is 48.9 Å². The first kappa shape index (κ1) is 20.4. The predicted octanol–water partition coefficient (Wildman–Crippen LogP) is 1.77. The van der Waals surface area contributed by atoms with Gasteiger partial charge >= 0.3 is 11.7 Å². The molecule has 0 bridgehead atoms. The number of imide groups is 1. The Kier molecular flexibility index (Phi) is 5.27. The van der Waals surface area contributed by atoms with Crippen LogP contribution in [0.3, 0.4) is 0 Å². The molecule has 8 heteroatoms. The molecule has 3 amide bonds. The van der Waals surface area contributed by atoms with E-state index < -0.39 is 17.2 Å². The molecule has 2 fully saturated rings. The van der Waals surface area contributed by atoms with E-state index in [1.165, 1.54) is 4.90 Å². The molecule has 0 aliphatic carbocycles. The predicted molar refractivity (Wildman–Crippen MR) is 115 cm³/mol. The number of urea groups is 1. The van der Waals surface area contributed by atoms with Crippen molar-refractivity contribution in [2.24, 2.45) is 0 Å². The minimum Gasteiger partial charge on any atom is -0.422 e. The number of nitrogens with one attached hydrogen (secondary N) is 2. The number of nitrogens with zero attached hydrogens (tertiary/aromatic N) is 2. The third-order valence-corrected chi connectivity index (χ3v) is 6.39. The molecule has 2 aliphatic rings. The molecule has 8 nitrogen and oxygen atoms in total. The maximum Gasteiger partial charge on any atom is 0.339 e. The van der Waals surface area contributed by atoms with Crippen molar-refractivity contribution < 1.29 is 14.0 Å². The van der Waals surface area contributed by atoms with E-state index in [-0.39, 0.29) is 18.9 Å². The number of carbonyl (C=O) groups excluding carboxylic acids is 2. The van der Waals surface area contributed by atoms with E-state index in [0.29, 0.717) is 30.7 Å². The Labute approximate surface area is 175 Å². The molecular formula is C22H28N4O4. The zero-order valence-corrected chi connectivity index (χ0v) is 17.7. The van der Waals surface area contributed by atoms with Crippen molar-refractivity contribution in [3.63, 3.8) is 0 Å². The average Bonchev–Trinajstić information content (AvgIpc) is 3.28. The number of benzene rings is 1. The smallest absolute Gasteiger partial charge is 0.339 e. The molecule has 1 atom stereocenters. The second-order valence-corrected chi connectivity index (χ2v) is 7.99. The molecule has 1 aromatic carbocycles. The Morgan fingerprint density at radius 3 is 2.63 bits per heavy atom. The van der Waals surface area contributed by atoms with Gasteiger partial charge in [-0.05, 0) is 57.9 Å². The summed E-state index contributed by atoms with van der Waals surface area (Å²) in [6.07, 6.45) is 0.852. The fourth-order valence-electron chi connectivity index (χ4n) is 4.54. The van der Waals surface area contributed by atoms with Crippen LogP contribution in [0.15, 0.2) is 27.4 Å². The highest BCUT2D eigenvalue weighted by molar-refractivity contribution is 6.07. The molecule has 2 saturated heterocycles. The van der Waals surface area contributed by atoms with E-state index in [4.69, 9.17) is 4.42 Å². The van der Waals surface area contributed by atoms with Gasteiger partial charge in [0.15, 0.2) is 0 Å². The van der Waals surface area contributed by atoms with Crippen molar-refractivity contribution in [3.05, 3.63) is 39.7 Å². The van der Waals surface area contributed by atoms with Gasteiger partial charge in [0.25, 0.3) is 5.91 Å². The van der Waals surface area contributed by atoms with Crippen LogP contribution in [0.2, 0.25) is 0 Å². The molecule has 160 valence electrons. The summed E-state index contributed by atoms with van der Waals surface area (Å²) >= 11 is 0. The molecule has 2 aromatic rings. The van der Waals surface area contributed by atoms with Gasteiger partial charge in [-0.3, -0.25) is 9.69 Å². The highest BCUT2D eigenvalue weighted by Gasteiger charge is 2.52. The monoisotopic (exact) mass is 412 g/mol. The van der Waals surface area contributed by atoms with Gasteiger partial charge in [0.2, 0.25) is 0 Å². The Morgan fingerprint density at radius 2 is 1.97 bits per heavy atom.